The summed E-state index contributed by atoms with van der Waals surface area (Å²) in [6.07, 6.45) is 18.1. The van der Waals surface area contributed by atoms with Crippen molar-refractivity contribution in [2.45, 2.75) is 111 Å². The molecule has 3 unspecified atom stereocenters. The maximum Gasteiger partial charge on any atom is 0.00766 e. The Bertz CT molecular complexity index is 591. The van der Waals surface area contributed by atoms with Gasteiger partial charge in [0.2, 0.25) is 0 Å². The second kappa shape index (κ2) is 7.75. The molecular formula is C27H47N. The van der Waals surface area contributed by atoms with Gasteiger partial charge in [-0.15, -0.1) is 0 Å². The smallest absolute Gasteiger partial charge is 0.00766 e. The van der Waals surface area contributed by atoms with Crippen molar-refractivity contribution in [2.75, 3.05) is 0 Å². The summed E-state index contributed by atoms with van der Waals surface area (Å²) in [7, 11) is 0. The molecule has 3 saturated carbocycles. The summed E-state index contributed by atoms with van der Waals surface area (Å²) >= 11 is 0. The van der Waals surface area contributed by atoms with Crippen LogP contribution in [0.15, 0.2) is 11.6 Å². The van der Waals surface area contributed by atoms with Gasteiger partial charge in [0.05, 0.1) is 0 Å². The molecule has 4 rings (SSSR count). The van der Waals surface area contributed by atoms with Crippen LogP contribution in [0.2, 0.25) is 0 Å². The van der Waals surface area contributed by atoms with Crippen LogP contribution >= 0.6 is 0 Å². The van der Waals surface area contributed by atoms with Gasteiger partial charge in [-0.2, -0.15) is 0 Å². The topological polar surface area (TPSA) is 26.0 Å². The van der Waals surface area contributed by atoms with E-state index in [2.05, 4.69) is 40.7 Å². The third kappa shape index (κ3) is 3.42. The second-order valence-electron chi connectivity index (χ2n) is 12.3. The van der Waals surface area contributed by atoms with E-state index < -0.39 is 0 Å². The van der Waals surface area contributed by atoms with E-state index in [0.29, 0.717) is 16.9 Å². The molecule has 4 aliphatic rings. The lowest BCUT2D eigenvalue weighted by atomic mass is 9.47. The molecule has 0 amide bonds. The van der Waals surface area contributed by atoms with Gasteiger partial charge in [0, 0.05) is 6.04 Å². The van der Waals surface area contributed by atoms with Crippen molar-refractivity contribution in [3.05, 3.63) is 11.6 Å². The lowest BCUT2D eigenvalue weighted by Gasteiger charge is -2.58. The van der Waals surface area contributed by atoms with Crippen LogP contribution in [0, 0.1) is 46.3 Å². The SMILES string of the molecule is CC(C)CCC[C@@H](C)[C@H]1CCC2C3CC=C4C[C@@H](N)CC[C@]4(C)C3CC[C@@]21C. The number of allylic oxidation sites excluding steroid dienone is 1. The summed E-state index contributed by atoms with van der Waals surface area (Å²) in [6.45, 7) is 12.7. The molecule has 160 valence electrons. The van der Waals surface area contributed by atoms with Gasteiger partial charge in [0.25, 0.3) is 0 Å². The third-order valence-corrected chi connectivity index (χ3v) is 10.3. The van der Waals surface area contributed by atoms with E-state index in [1.165, 1.54) is 70.6 Å². The Kier molecular flexibility index (Phi) is 5.80. The van der Waals surface area contributed by atoms with E-state index >= 15 is 0 Å². The molecule has 1 heteroatoms. The Morgan fingerprint density at radius 2 is 1.79 bits per heavy atom. The molecule has 0 radical (unpaired) electrons. The maximum atomic E-state index is 6.34. The Balaban J connectivity index is 1.49. The zero-order valence-electron chi connectivity index (χ0n) is 19.5. The fourth-order valence-corrected chi connectivity index (χ4v) is 8.71. The van der Waals surface area contributed by atoms with Gasteiger partial charge in [-0.05, 0) is 97.7 Å². The van der Waals surface area contributed by atoms with Gasteiger partial charge in [-0.25, -0.2) is 0 Å². The first-order valence-corrected chi connectivity index (χ1v) is 12.7. The van der Waals surface area contributed by atoms with Crippen molar-refractivity contribution in [1.29, 1.82) is 0 Å². The highest BCUT2D eigenvalue weighted by Gasteiger charge is 2.58. The highest BCUT2D eigenvalue weighted by Crippen LogP contribution is 2.67. The standard InChI is InChI=1S/C27H47N/c1-18(2)7-6-8-19(3)23-11-12-24-22-10-9-20-17-21(28)13-15-26(20,4)25(22)14-16-27(23,24)5/h9,18-19,21-25H,6-8,10-17,28H2,1-5H3/t19-,21+,22?,23-,24?,25?,26+,27-/m1/s1. The van der Waals surface area contributed by atoms with Crippen LogP contribution in [0.5, 0.6) is 0 Å². The normalized spacial score (nSPS) is 46.5. The Morgan fingerprint density at radius 1 is 1.00 bits per heavy atom. The van der Waals surface area contributed by atoms with Crippen molar-refractivity contribution in [3.8, 4) is 0 Å². The summed E-state index contributed by atoms with van der Waals surface area (Å²) in [4.78, 5) is 0. The largest absolute Gasteiger partial charge is 0.327 e. The minimum Gasteiger partial charge on any atom is -0.327 e. The van der Waals surface area contributed by atoms with Crippen LogP contribution in [0.1, 0.15) is 105 Å². The van der Waals surface area contributed by atoms with Crippen LogP contribution in [-0.4, -0.2) is 6.04 Å². The molecule has 0 aliphatic heterocycles. The highest BCUT2D eigenvalue weighted by molar-refractivity contribution is 5.25. The van der Waals surface area contributed by atoms with Crippen LogP contribution in [-0.2, 0) is 0 Å². The second-order valence-corrected chi connectivity index (χ2v) is 12.3. The highest BCUT2D eigenvalue weighted by atomic mass is 14.7. The molecule has 3 fully saturated rings. The van der Waals surface area contributed by atoms with Crippen LogP contribution in [0.3, 0.4) is 0 Å². The van der Waals surface area contributed by atoms with Gasteiger partial charge in [-0.3, -0.25) is 0 Å². The average molecular weight is 386 g/mol. The quantitative estimate of drug-likeness (QED) is 0.492. The predicted molar refractivity (Wildman–Crippen MR) is 121 cm³/mol. The average Bonchev–Trinajstić information content (AvgIpc) is 2.99. The summed E-state index contributed by atoms with van der Waals surface area (Å²) in [5.74, 6) is 5.63. The summed E-state index contributed by atoms with van der Waals surface area (Å²) in [5.41, 5.74) is 9.18. The van der Waals surface area contributed by atoms with E-state index in [1.807, 2.05) is 0 Å². The maximum absolute atomic E-state index is 6.34. The zero-order chi connectivity index (χ0) is 20.1. The molecule has 0 heterocycles. The number of hydrogen-bond donors (Lipinski definition) is 1. The lowest BCUT2D eigenvalue weighted by molar-refractivity contribution is -0.0508. The van der Waals surface area contributed by atoms with E-state index in [-0.39, 0.29) is 0 Å². The summed E-state index contributed by atoms with van der Waals surface area (Å²) in [6, 6.07) is 0.423. The molecule has 1 nitrogen and oxygen atoms in total. The van der Waals surface area contributed by atoms with Gasteiger partial charge < -0.3 is 5.73 Å². The summed E-state index contributed by atoms with van der Waals surface area (Å²) < 4.78 is 0. The van der Waals surface area contributed by atoms with Gasteiger partial charge in [0.1, 0.15) is 0 Å². The predicted octanol–water partition coefficient (Wildman–Crippen LogP) is 7.36. The molecule has 0 aromatic heterocycles. The van der Waals surface area contributed by atoms with E-state index in [9.17, 15) is 0 Å². The number of fused-ring (bicyclic) bond motifs is 5. The molecule has 0 bridgehead atoms. The van der Waals surface area contributed by atoms with Gasteiger partial charge in [0.15, 0.2) is 0 Å². The van der Waals surface area contributed by atoms with Crippen molar-refractivity contribution < 1.29 is 0 Å². The molecule has 28 heavy (non-hydrogen) atoms. The third-order valence-electron chi connectivity index (χ3n) is 10.3. The molecule has 0 aromatic carbocycles. The number of rotatable bonds is 5. The monoisotopic (exact) mass is 385 g/mol. The fourth-order valence-electron chi connectivity index (χ4n) is 8.71. The molecule has 0 aromatic rings. The number of nitrogens with two attached hydrogens (primary N) is 1. The Labute approximate surface area is 175 Å². The van der Waals surface area contributed by atoms with Crippen LogP contribution in [0.25, 0.3) is 0 Å². The minimum atomic E-state index is 0.423. The molecule has 0 saturated heterocycles. The Morgan fingerprint density at radius 3 is 2.54 bits per heavy atom. The van der Waals surface area contributed by atoms with E-state index in [4.69, 9.17) is 5.73 Å². The first kappa shape index (κ1) is 21.0. The van der Waals surface area contributed by atoms with Crippen LogP contribution < -0.4 is 5.73 Å². The molecular weight excluding hydrogens is 338 g/mol. The fraction of sp³-hybridized carbons (Fsp3) is 0.926. The zero-order valence-corrected chi connectivity index (χ0v) is 19.5. The van der Waals surface area contributed by atoms with Crippen LogP contribution in [0.4, 0.5) is 0 Å². The van der Waals surface area contributed by atoms with E-state index in [0.717, 1.165) is 35.5 Å². The first-order chi connectivity index (χ1) is 13.3. The first-order valence-electron chi connectivity index (χ1n) is 12.7. The lowest BCUT2D eigenvalue weighted by Crippen LogP contribution is -2.51. The molecule has 2 N–H and O–H groups in total. The number of hydrogen-bond acceptors (Lipinski definition) is 1. The Hall–Kier alpha value is -0.300. The van der Waals surface area contributed by atoms with Crippen molar-refractivity contribution >= 4 is 0 Å². The molecule has 0 spiro atoms. The van der Waals surface area contributed by atoms with Crippen molar-refractivity contribution in [2.24, 2.45) is 52.1 Å². The molecule has 4 aliphatic carbocycles. The van der Waals surface area contributed by atoms with Crippen molar-refractivity contribution in [1.82, 2.24) is 0 Å². The minimum absolute atomic E-state index is 0.423. The van der Waals surface area contributed by atoms with E-state index in [1.54, 1.807) is 5.57 Å². The van der Waals surface area contributed by atoms with Crippen molar-refractivity contribution in [3.63, 3.8) is 0 Å². The molecule has 8 atom stereocenters. The van der Waals surface area contributed by atoms with Gasteiger partial charge in [-0.1, -0.05) is 65.5 Å². The van der Waals surface area contributed by atoms with Gasteiger partial charge >= 0.3 is 0 Å². The summed E-state index contributed by atoms with van der Waals surface area (Å²) in [5, 5.41) is 0.